The van der Waals surface area contributed by atoms with E-state index in [2.05, 4.69) is 20.3 Å². The Bertz CT molecular complexity index is 1110. The summed E-state index contributed by atoms with van der Waals surface area (Å²) >= 11 is 2.46. The van der Waals surface area contributed by atoms with Crippen molar-refractivity contribution in [1.29, 1.82) is 0 Å². The lowest BCUT2D eigenvalue weighted by atomic mass is 10.1. The molecule has 0 aliphatic heterocycles. The normalized spacial score (nSPS) is 12.9. The topological polar surface area (TPSA) is 120 Å². The minimum Gasteiger partial charge on any atom is -0.462 e. The maximum atomic E-state index is 12.4. The summed E-state index contributed by atoms with van der Waals surface area (Å²) in [6, 6.07) is 1.68. The molecule has 0 unspecified atom stereocenters. The van der Waals surface area contributed by atoms with Gasteiger partial charge in [0.05, 0.1) is 12.2 Å². The smallest absolute Gasteiger partial charge is 0.358 e. The van der Waals surface area contributed by atoms with Crippen LogP contribution in [0.25, 0.3) is 10.8 Å². The van der Waals surface area contributed by atoms with E-state index in [9.17, 15) is 14.4 Å². The second-order valence-electron chi connectivity index (χ2n) is 6.62. The maximum absolute atomic E-state index is 12.4. The van der Waals surface area contributed by atoms with E-state index in [1.165, 1.54) is 28.1 Å². The fraction of sp³-hybridized carbons (Fsp3) is 0.300. The molecule has 160 valence electrons. The Labute approximate surface area is 185 Å². The molecule has 0 saturated heterocycles. The zero-order valence-electron chi connectivity index (χ0n) is 16.5. The minimum atomic E-state index is -0.732. The van der Waals surface area contributed by atoms with Gasteiger partial charge in [-0.05, 0) is 42.7 Å². The Morgan fingerprint density at radius 2 is 1.87 bits per heavy atom. The van der Waals surface area contributed by atoms with E-state index in [1.54, 1.807) is 25.4 Å². The van der Waals surface area contributed by atoms with Gasteiger partial charge in [0.15, 0.2) is 23.1 Å². The van der Waals surface area contributed by atoms with Crippen LogP contribution in [0, 0.1) is 0 Å². The lowest BCUT2D eigenvalue weighted by molar-refractivity contribution is -0.119. The number of rotatable bonds is 8. The van der Waals surface area contributed by atoms with Gasteiger partial charge in [0.2, 0.25) is 0 Å². The molecule has 1 N–H and O–H groups in total. The Morgan fingerprint density at radius 1 is 1.10 bits per heavy atom. The van der Waals surface area contributed by atoms with Crippen LogP contribution in [0.15, 0.2) is 29.2 Å². The third kappa shape index (κ3) is 4.94. The molecule has 4 rings (SSSR count). The number of aromatic nitrogens is 3. The summed E-state index contributed by atoms with van der Waals surface area (Å²) in [6.45, 7) is 1.46. The second kappa shape index (κ2) is 9.31. The average Bonchev–Trinajstić information content (AvgIpc) is 3.34. The number of carbonyl (C=O) groups is 3. The summed E-state index contributed by atoms with van der Waals surface area (Å²) in [5, 5.41) is 6.92. The standard InChI is InChI=1S/C20H18N4O5S2/c1-2-28-20(27)15-12(11-4-5-11)9-30-17(15)24-14(25)8-29-19(26)13-10-31-18(23-13)16-21-6-3-7-22-16/h3,6-7,9-11H,2,4-5,8H2,1H3,(H,24,25). The molecule has 0 atom stereocenters. The highest BCUT2D eigenvalue weighted by Crippen LogP contribution is 2.46. The van der Waals surface area contributed by atoms with Crippen LogP contribution in [0.3, 0.4) is 0 Å². The lowest BCUT2D eigenvalue weighted by Gasteiger charge is -2.08. The van der Waals surface area contributed by atoms with Gasteiger partial charge in [0, 0.05) is 17.8 Å². The minimum absolute atomic E-state index is 0.0691. The zero-order valence-corrected chi connectivity index (χ0v) is 18.1. The van der Waals surface area contributed by atoms with E-state index in [0.717, 1.165) is 18.4 Å². The number of esters is 2. The lowest BCUT2D eigenvalue weighted by Crippen LogP contribution is -2.22. The van der Waals surface area contributed by atoms with Crippen molar-refractivity contribution >= 4 is 45.5 Å². The first kappa shape index (κ1) is 21.1. The third-order valence-electron chi connectivity index (χ3n) is 4.37. The number of nitrogens with zero attached hydrogens (tertiary/aromatic N) is 3. The van der Waals surface area contributed by atoms with Gasteiger partial charge in [-0.15, -0.1) is 22.7 Å². The van der Waals surface area contributed by atoms with Crippen molar-refractivity contribution in [3.8, 4) is 10.8 Å². The first-order valence-electron chi connectivity index (χ1n) is 9.55. The zero-order chi connectivity index (χ0) is 21.8. The largest absolute Gasteiger partial charge is 0.462 e. The summed E-state index contributed by atoms with van der Waals surface area (Å²) < 4.78 is 10.2. The van der Waals surface area contributed by atoms with Gasteiger partial charge in [-0.2, -0.15) is 0 Å². The van der Waals surface area contributed by atoms with Crippen LogP contribution in [-0.2, 0) is 14.3 Å². The van der Waals surface area contributed by atoms with Crippen LogP contribution < -0.4 is 5.32 Å². The molecule has 0 radical (unpaired) electrons. The van der Waals surface area contributed by atoms with Gasteiger partial charge in [-0.25, -0.2) is 24.5 Å². The predicted molar refractivity (Wildman–Crippen MR) is 114 cm³/mol. The molecule has 11 heteroatoms. The first-order chi connectivity index (χ1) is 15.1. The number of anilines is 1. The fourth-order valence-electron chi connectivity index (χ4n) is 2.82. The van der Waals surface area contributed by atoms with Gasteiger partial charge in [-0.3, -0.25) is 4.79 Å². The SMILES string of the molecule is CCOC(=O)c1c(C2CC2)csc1NC(=O)COC(=O)c1csc(-c2ncccn2)n1. The number of amides is 1. The molecule has 0 bridgehead atoms. The fourth-order valence-corrected chi connectivity index (χ4v) is 4.60. The van der Waals surface area contributed by atoms with Crippen LogP contribution in [-0.4, -0.2) is 46.0 Å². The van der Waals surface area contributed by atoms with Crippen molar-refractivity contribution in [1.82, 2.24) is 15.0 Å². The Hall–Kier alpha value is -3.18. The molecule has 1 amide bonds. The molecule has 1 fully saturated rings. The summed E-state index contributed by atoms with van der Waals surface area (Å²) in [4.78, 5) is 49.3. The third-order valence-corrected chi connectivity index (χ3v) is 6.13. The summed E-state index contributed by atoms with van der Waals surface area (Å²) in [6.07, 6.45) is 5.18. The molecule has 0 spiro atoms. The number of hydrogen-bond donors (Lipinski definition) is 1. The molecule has 3 aromatic rings. The molecule has 0 aromatic carbocycles. The number of thiophene rings is 1. The number of nitrogens with one attached hydrogen (secondary N) is 1. The van der Waals surface area contributed by atoms with Gasteiger partial charge < -0.3 is 14.8 Å². The number of hydrogen-bond acceptors (Lipinski definition) is 10. The van der Waals surface area contributed by atoms with E-state index < -0.39 is 24.5 Å². The molecule has 3 aromatic heterocycles. The molecule has 1 saturated carbocycles. The van der Waals surface area contributed by atoms with Crippen molar-refractivity contribution < 1.29 is 23.9 Å². The van der Waals surface area contributed by atoms with Crippen LogP contribution in [0.4, 0.5) is 5.00 Å². The highest BCUT2D eigenvalue weighted by atomic mass is 32.1. The highest BCUT2D eigenvalue weighted by Gasteiger charge is 2.32. The van der Waals surface area contributed by atoms with E-state index in [0.29, 0.717) is 27.3 Å². The van der Waals surface area contributed by atoms with Crippen LogP contribution >= 0.6 is 22.7 Å². The van der Waals surface area contributed by atoms with Crippen LogP contribution in [0.2, 0.25) is 0 Å². The summed E-state index contributed by atoms with van der Waals surface area (Å²) in [5.74, 6) is -1.02. The Balaban J connectivity index is 1.37. The van der Waals surface area contributed by atoms with Crippen molar-refractivity contribution in [2.45, 2.75) is 25.7 Å². The van der Waals surface area contributed by atoms with Crippen LogP contribution in [0.5, 0.6) is 0 Å². The van der Waals surface area contributed by atoms with Gasteiger partial charge in [0.1, 0.15) is 5.00 Å². The van der Waals surface area contributed by atoms with Crippen molar-refractivity contribution in [2.24, 2.45) is 0 Å². The van der Waals surface area contributed by atoms with Crippen molar-refractivity contribution in [3.63, 3.8) is 0 Å². The molecule has 1 aliphatic carbocycles. The van der Waals surface area contributed by atoms with E-state index in [4.69, 9.17) is 9.47 Å². The summed E-state index contributed by atoms with van der Waals surface area (Å²) in [7, 11) is 0. The van der Waals surface area contributed by atoms with E-state index >= 15 is 0 Å². The quantitative estimate of drug-likeness (QED) is 0.509. The molecular weight excluding hydrogens is 440 g/mol. The molecule has 1 aliphatic rings. The van der Waals surface area contributed by atoms with Crippen LogP contribution in [0.1, 0.15) is 52.1 Å². The number of ether oxygens (including phenoxy) is 2. The monoisotopic (exact) mass is 458 g/mol. The molecule has 9 nitrogen and oxygen atoms in total. The van der Waals surface area contributed by atoms with Gasteiger partial charge in [-0.1, -0.05) is 0 Å². The number of thiazole rings is 1. The Morgan fingerprint density at radius 3 is 2.58 bits per heavy atom. The van der Waals surface area contributed by atoms with Gasteiger partial charge in [0.25, 0.3) is 5.91 Å². The summed E-state index contributed by atoms with van der Waals surface area (Å²) in [5.41, 5.74) is 1.36. The van der Waals surface area contributed by atoms with Crippen molar-refractivity contribution in [3.05, 3.63) is 46.0 Å². The molecule has 31 heavy (non-hydrogen) atoms. The van der Waals surface area contributed by atoms with Gasteiger partial charge >= 0.3 is 11.9 Å². The highest BCUT2D eigenvalue weighted by molar-refractivity contribution is 7.15. The van der Waals surface area contributed by atoms with E-state index in [-0.39, 0.29) is 12.3 Å². The first-order valence-corrected chi connectivity index (χ1v) is 11.3. The molecule has 3 heterocycles. The van der Waals surface area contributed by atoms with Crippen molar-refractivity contribution in [2.75, 3.05) is 18.5 Å². The maximum Gasteiger partial charge on any atom is 0.358 e. The Kier molecular flexibility index (Phi) is 6.33. The second-order valence-corrected chi connectivity index (χ2v) is 8.36. The predicted octanol–water partition coefficient (Wildman–Crippen LogP) is 3.51. The average molecular weight is 459 g/mol. The molecular formula is C20H18N4O5S2. The number of carbonyl (C=O) groups excluding carboxylic acids is 3. The van der Waals surface area contributed by atoms with E-state index in [1.807, 2.05) is 5.38 Å².